The highest BCUT2D eigenvalue weighted by atomic mass is 16.5. The number of aromatic nitrogens is 3. The van der Waals surface area contributed by atoms with Crippen LogP contribution >= 0.6 is 0 Å². The molecule has 3 aromatic rings. The maximum atomic E-state index is 12.3. The smallest absolute Gasteiger partial charge is 0.257 e. The van der Waals surface area contributed by atoms with Gasteiger partial charge in [0.1, 0.15) is 17.4 Å². The van der Waals surface area contributed by atoms with Crippen molar-refractivity contribution < 1.29 is 14.3 Å². The van der Waals surface area contributed by atoms with Crippen molar-refractivity contribution in [1.29, 1.82) is 0 Å². The maximum Gasteiger partial charge on any atom is 0.257 e. The quantitative estimate of drug-likeness (QED) is 0.556. The first-order chi connectivity index (χ1) is 13.5. The van der Waals surface area contributed by atoms with Crippen LogP contribution in [0.3, 0.4) is 0 Å². The number of benzene rings is 1. The summed E-state index contributed by atoms with van der Waals surface area (Å²) in [5.41, 5.74) is 4.04. The summed E-state index contributed by atoms with van der Waals surface area (Å²) < 4.78 is 6.72. The lowest BCUT2D eigenvalue weighted by Gasteiger charge is -2.13. The van der Waals surface area contributed by atoms with Crippen molar-refractivity contribution >= 4 is 5.91 Å². The molecule has 4 rings (SSSR count). The number of fused-ring (bicyclic) bond motifs is 1. The summed E-state index contributed by atoms with van der Waals surface area (Å²) in [7, 11) is 0. The molecule has 2 aromatic heterocycles. The van der Waals surface area contributed by atoms with Crippen LogP contribution in [0.15, 0.2) is 48.8 Å². The number of nitrogens with zero attached hydrogens (tertiary/aromatic N) is 3. The number of pyridine rings is 1. The Labute approximate surface area is 162 Å². The molecule has 0 spiro atoms. The predicted octanol–water partition coefficient (Wildman–Crippen LogP) is 2.13. The van der Waals surface area contributed by atoms with Gasteiger partial charge in [-0.15, -0.1) is 0 Å². The molecule has 0 unspecified atom stereocenters. The summed E-state index contributed by atoms with van der Waals surface area (Å²) >= 11 is 0. The fraction of sp³-hybridized carbons (Fsp3) is 0.238. The second-order valence-electron chi connectivity index (χ2n) is 6.87. The number of rotatable bonds is 4. The lowest BCUT2D eigenvalue weighted by molar-refractivity contribution is -0.605. The molecule has 1 aromatic carbocycles. The number of amides is 1. The van der Waals surface area contributed by atoms with Crippen LogP contribution in [0, 0.1) is 19.1 Å². The first kappa shape index (κ1) is 17.9. The van der Waals surface area contributed by atoms with E-state index in [2.05, 4.69) is 15.3 Å². The number of para-hydroxylation sites is 1. The van der Waals surface area contributed by atoms with E-state index in [1.807, 2.05) is 38.1 Å². The van der Waals surface area contributed by atoms with Crippen LogP contribution in [0.2, 0.25) is 0 Å². The number of carbonyl (C=O) groups is 1. The standard InChI is InChI=1S/C21H20N4O3/c1-13-9-14(2)24-20(23-13)18-7-3-5-15-10-17(28-19(15)18)11-22-21(26)16-6-4-8-25(27)12-16/h3-9,12,17H,10-11H2,1-2H3,(H,22,26)/t17-/m1/s1. The molecular weight excluding hydrogens is 356 g/mol. The Bertz CT molecular complexity index is 1030. The van der Waals surface area contributed by atoms with Crippen molar-refractivity contribution in [3.8, 4) is 17.1 Å². The van der Waals surface area contributed by atoms with E-state index in [4.69, 9.17) is 4.74 Å². The summed E-state index contributed by atoms with van der Waals surface area (Å²) in [5, 5.41) is 14.2. The number of hydrogen-bond donors (Lipinski definition) is 1. The van der Waals surface area contributed by atoms with Crippen LogP contribution in [0.5, 0.6) is 5.75 Å². The molecule has 7 heteroatoms. The predicted molar refractivity (Wildman–Crippen MR) is 103 cm³/mol. The Morgan fingerprint density at radius 2 is 2.04 bits per heavy atom. The first-order valence-corrected chi connectivity index (χ1v) is 9.08. The van der Waals surface area contributed by atoms with E-state index >= 15 is 0 Å². The molecule has 1 atom stereocenters. The van der Waals surface area contributed by atoms with E-state index < -0.39 is 0 Å². The van der Waals surface area contributed by atoms with Gasteiger partial charge in [0.05, 0.1) is 12.1 Å². The number of aryl methyl sites for hydroxylation is 2. The molecule has 28 heavy (non-hydrogen) atoms. The van der Waals surface area contributed by atoms with Gasteiger partial charge in [-0.2, -0.15) is 4.73 Å². The van der Waals surface area contributed by atoms with Gasteiger partial charge in [0.15, 0.2) is 18.2 Å². The van der Waals surface area contributed by atoms with Crippen LogP contribution in [0.1, 0.15) is 27.3 Å². The van der Waals surface area contributed by atoms with Gasteiger partial charge < -0.3 is 15.3 Å². The molecule has 142 valence electrons. The molecule has 1 N–H and O–H groups in total. The van der Waals surface area contributed by atoms with Crippen molar-refractivity contribution in [3.63, 3.8) is 0 Å². The molecule has 3 heterocycles. The molecule has 0 bridgehead atoms. The normalized spacial score (nSPS) is 15.0. The maximum absolute atomic E-state index is 12.3. The van der Waals surface area contributed by atoms with Gasteiger partial charge in [0.2, 0.25) is 0 Å². The van der Waals surface area contributed by atoms with E-state index in [0.29, 0.717) is 29.1 Å². The van der Waals surface area contributed by atoms with Gasteiger partial charge >= 0.3 is 0 Å². The topological polar surface area (TPSA) is 91.0 Å². The Morgan fingerprint density at radius 1 is 1.25 bits per heavy atom. The first-order valence-electron chi connectivity index (χ1n) is 9.08. The minimum absolute atomic E-state index is 0.186. The summed E-state index contributed by atoms with van der Waals surface area (Å²) in [6.07, 6.45) is 3.08. The second-order valence-corrected chi connectivity index (χ2v) is 6.87. The van der Waals surface area contributed by atoms with E-state index in [0.717, 1.165) is 28.3 Å². The van der Waals surface area contributed by atoms with Gasteiger partial charge in [0.25, 0.3) is 5.91 Å². The molecule has 1 amide bonds. The average Bonchev–Trinajstić information content (AvgIpc) is 3.08. The Kier molecular flexibility index (Phi) is 4.65. The van der Waals surface area contributed by atoms with E-state index in [1.54, 1.807) is 12.1 Å². The number of ether oxygens (including phenoxy) is 1. The molecule has 0 saturated carbocycles. The fourth-order valence-corrected chi connectivity index (χ4v) is 3.37. The molecule has 0 saturated heterocycles. The summed E-state index contributed by atoms with van der Waals surface area (Å²) in [6, 6.07) is 11.0. The summed E-state index contributed by atoms with van der Waals surface area (Å²) in [4.78, 5) is 21.3. The van der Waals surface area contributed by atoms with Gasteiger partial charge in [0, 0.05) is 23.9 Å². The third-order valence-corrected chi connectivity index (χ3v) is 4.58. The average molecular weight is 376 g/mol. The number of hydrogen-bond acceptors (Lipinski definition) is 5. The van der Waals surface area contributed by atoms with Gasteiger partial charge in [-0.1, -0.05) is 12.1 Å². The van der Waals surface area contributed by atoms with Gasteiger partial charge in [-0.05, 0) is 37.6 Å². The van der Waals surface area contributed by atoms with Crippen LogP contribution in [-0.4, -0.2) is 28.5 Å². The Hall–Kier alpha value is -3.48. The Balaban J connectivity index is 1.49. The van der Waals surface area contributed by atoms with Crippen LogP contribution in [0.4, 0.5) is 0 Å². The number of nitrogens with one attached hydrogen (secondary N) is 1. The van der Waals surface area contributed by atoms with Crippen molar-refractivity contribution in [2.75, 3.05) is 6.54 Å². The van der Waals surface area contributed by atoms with Gasteiger partial charge in [-0.25, -0.2) is 9.97 Å². The van der Waals surface area contributed by atoms with Crippen LogP contribution in [0.25, 0.3) is 11.4 Å². The molecule has 0 fully saturated rings. The molecule has 1 aliphatic heterocycles. The zero-order valence-corrected chi connectivity index (χ0v) is 15.7. The van der Waals surface area contributed by atoms with E-state index in [9.17, 15) is 10.0 Å². The monoisotopic (exact) mass is 376 g/mol. The zero-order chi connectivity index (χ0) is 19.7. The largest absolute Gasteiger partial charge is 0.619 e. The second kappa shape index (κ2) is 7.26. The van der Waals surface area contributed by atoms with E-state index in [1.165, 1.54) is 12.4 Å². The lowest BCUT2D eigenvalue weighted by atomic mass is 10.1. The van der Waals surface area contributed by atoms with Crippen LogP contribution in [-0.2, 0) is 6.42 Å². The van der Waals surface area contributed by atoms with Gasteiger partial charge in [-0.3, -0.25) is 4.79 Å². The molecule has 0 aliphatic carbocycles. The molecular formula is C21H20N4O3. The van der Waals surface area contributed by atoms with Crippen molar-refractivity contribution in [2.24, 2.45) is 0 Å². The highest BCUT2D eigenvalue weighted by Gasteiger charge is 2.27. The van der Waals surface area contributed by atoms with Crippen molar-refractivity contribution in [1.82, 2.24) is 15.3 Å². The van der Waals surface area contributed by atoms with E-state index in [-0.39, 0.29) is 12.0 Å². The van der Waals surface area contributed by atoms with Crippen LogP contribution < -0.4 is 14.8 Å². The summed E-state index contributed by atoms with van der Waals surface area (Å²) in [5.74, 6) is 1.11. The zero-order valence-electron chi connectivity index (χ0n) is 15.7. The minimum atomic E-state index is -0.303. The van der Waals surface area contributed by atoms with Crippen molar-refractivity contribution in [2.45, 2.75) is 26.4 Å². The SMILES string of the molecule is Cc1cc(C)nc(-c2cccc3c2O[C@@H](CNC(=O)c2ccc[n+]([O-])c2)C3)n1. The highest BCUT2D eigenvalue weighted by Crippen LogP contribution is 2.37. The Morgan fingerprint density at radius 3 is 2.79 bits per heavy atom. The van der Waals surface area contributed by atoms with Crippen molar-refractivity contribution in [3.05, 3.63) is 76.5 Å². The molecule has 7 nitrogen and oxygen atoms in total. The third kappa shape index (κ3) is 3.64. The fourth-order valence-electron chi connectivity index (χ4n) is 3.37. The summed E-state index contributed by atoms with van der Waals surface area (Å²) in [6.45, 7) is 4.22. The number of carbonyl (C=O) groups excluding carboxylic acids is 1. The third-order valence-electron chi connectivity index (χ3n) is 4.58. The minimum Gasteiger partial charge on any atom is -0.619 e. The molecule has 1 aliphatic rings. The highest BCUT2D eigenvalue weighted by molar-refractivity contribution is 5.93. The molecule has 0 radical (unpaired) electrons. The lowest BCUT2D eigenvalue weighted by Crippen LogP contribution is -2.36.